The zero-order valence-corrected chi connectivity index (χ0v) is 16.1. The van der Waals surface area contributed by atoms with Crippen molar-refractivity contribution >= 4 is 22.8 Å². The smallest absolute Gasteiger partial charge is 0.768 e. The first-order valence-corrected chi connectivity index (χ1v) is 8.58. The van der Waals surface area contributed by atoms with E-state index in [9.17, 15) is 74.6 Å². The van der Waals surface area contributed by atoms with Gasteiger partial charge in [-0.25, -0.2) is 8.78 Å². The normalized spacial score (nSPS) is 15.4. The third-order valence-electron chi connectivity index (χ3n) is 3.28. The Hall–Kier alpha value is -0.773. The van der Waals surface area contributed by atoms with E-state index in [1.54, 1.807) is 0 Å². The molecule has 0 saturated carbocycles. The summed E-state index contributed by atoms with van der Waals surface area (Å²) >= 11 is -6.81. The van der Waals surface area contributed by atoms with Crippen LogP contribution in [0.1, 0.15) is 5.56 Å². The molecule has 1 unspecified atom stereocenters. The molecule has 0 aliphatic heterocycles. The fraction of sp³-hybridized carbons (Fsp3) is 0.500. The summed E-state index contributed by atoms with van der Waals surface area (Å²) in [6.07, 6.45) is -7.27. The molecular weight excluding hydrogens is 532 g/mol. The Morgan fingerprint density at radius 3 is 1.44 bits per heavy atom. The minimum absolute atomic E-state index is 0. The van der Waals surface area contributed by atoms with E-state index in [1.165, 1.54) is 0 Å². The quantitative estimate of drug-likeness (QED) is 0.234. The molecule has 0 bridgehead atoms. The first kappa shape index (κ1) is 31.2. The van der Waals surface area contributed by atoms with Gasteiger partial charge < -0.3 is 4.55 Å². The van der Waals surface area contributed by atoms with Crippen LogP contribution < -0.4 is 18.9 Å². The number of halogens is 15. The maximum absolute atomic E-state index is 13.7. The average Bonchev–Trinajstić information content (AvgIpc) is 2.56. The van der Waals surface area contributed by atoms with Crippen molar-refractivity contribution in [1.29, 1.82) is 0 Å². The Balaban J connectivity index is 0.00000961. The van der Waals surface area contributed by atoms with Crippen LogP contribution in [0.4, 0.5) is 65.9 Å². The van der Waals surface area contributed by atoms with E-state index in [-0.39, 0.29) is 18.9 Å². The van der Waals surface area contributed by atoms with Crippen molar-refractivity contribution in [2.24, 2.45) is 0 Å². The van der Waals surface area contributed by atoms with Crippen molar-refractivity contribution < 1.29 is 93.5 Å². The van der Waals surface area contributed by atoms with Gasteiger partial charge in [0.15, 0.2) is 0 Å². The Bertz CT molecular complexity index is 847. The maximum Gasteiger partial charge on any atom is 1.00 e. The summed E-state index contributed by atoms with van der Waals surface area (Å²) in [6.45, 7) is 0. The summed E-state index contributed by atoms with van der Waals surface area (Å²) in [6, 6.07) is -2.18. The Morgan fingerprint density at radius 1 is 0.750 bits per heavy atom. The first-order chi connectivity index (χ1) is 13.4. The van der Waals surface area contributed by atoms with Gasteiger partial charge in [-0.1, -0.05) is 0 Å². The standard InChI is InChI=1S/C12H3F15O2S2.Li/c13-4-1-3(7(15,16)8(17,18)9(19,20)10(21,22)23)2-5(14)6(4)30-11(24,25)12(26,27)31(28)29;/h1-2H,(H,28,29);/q;+1/p-1. The zero-order chi connectivity index (χ0) is 25.0. The molecule has 0 spiro atoms. The third-order valence-corrected chi connectivity index (χ3v) is 5.20. The first-order valence-electron chi connectivity index (χ1n) is 6.69. The van der Waals surface area contributed by atoms with E-state index in [2.05, 4.69) is 0 Å². The van der Waals surface area contributed by atoms with Crippen LogP contribution in [0.15, 0.2) is 17.0 Å². The average molecular weight is 534 g/mol. The third kappa shape index (κ3) is 5.00. The van der Waals surface area contributed by atoms with Crippen molar-refractivity contribution in [3.63, 3.8) is 0 Å². The van der Waals surface area contributed by atoms with Crippen LogP contribution >= 0.6 is 11.8 Å². The molecule has 0 heterocycles. The van der Waals surface area contributed by atoms with Gasteiger partial charge in [0.05, 0.1) is 4.90 Å². The van der Waals surface area contributed by atoms with Gasteiger partial charge in [0.1, 0.15) is 11.6 Å². The second-order valence-electron chi connectivity index (χ2n) is 5.36. The number of rotatable bonds is 7. The molecule has 0 fully saturated rings. The van der Waals surface area contributed by atoms with E-state index in [1.807, 2.05) is 0 Å². The van der Waals surface area contributed by atoms with Crippen LogP contribution in [0.3, 0.4) is 0 Å². The predicted molar refractivity (Wildman–Crippen MR) is 70.9 cm³/mol. The molecule has 0 N–H and O–H groups in total. The molecule has 180 valence electrons. The van der Waals surface area contributed by atoms with Gasteiger partial charge in [0.2, 0.25) is 0 Å². The molecular formula is C12H2F15LiO2S2. The Morgan fingerprint density at radius 2 is 1.12 bits per heavy atom. The number of benzene rings is 1. The molecule has 0 radical (unpaired) electrons. The van der Waals surface area contributed by atoms with Crippen molar-refractivity contribution in [3.8, 4) is 0 Å². The van der Waals surface area contributed by atoms with Crippen LogP contribution in [0.2, 0.25) is 0 Å². The van der Waals surface area contributed by atoms with Gasteiger partial charge in [-0.15, -0.1) is 0 Å². The fourth-order valence-electron chi connectivity index (χ4n) is 1.68. The van der Waals surface area contributed by atoms with Crippen molar-refractivity contribution in [1.82, 2.24) is 0 Å². The molecule has 20 heteroatoms. The zero-order valence-electron chi connectivity index (χ0n) is 14.5. The van der Waals surface area contributed by atoms with Crippen molar-refractivity contribution in [2.75, 3.05) is 0 Å². The van der Waals surface area contributed by atoms with E-state index < -0.39 is 91.5 Å². The summed E-state index contributed by atoms with van der Waals surface area (Å²) in [4.78, 5) is -2.36. The van der Waals surface area contributed by atoms with Gasteiger partial charge in [-0.3, -0.25) is 4.21 Å². The molecule has 1 atom stereocenters. The van der Waals surface area contributed by atoms with Gasteiger partial charge >= 0.3 is 53.3 Å². The molecule has 1 aromatic rings. The Kier molecular flexibility index (Phi) is 8.89. The molecule has 1 aromatic carbocycles. The van der Waals surface area contributed by atoms with E-state index >= 15 is 0 Å². The number of thioether (sulfide) groups is 1. The molecule has 0 aromatic heterocycles. The van der Waals surface area contributed by atoms with Gasteiger partial charge in [-0.2, -0.15) is 57.1 Å². The maximum atomic E-state index is 13.7. The summed E-state index contributed by atoms with van der Waals surface area (Å²) in [7, 11) is 0. The predicted octanol–water partition coefficient (Wildman–Crippen LogP) is 3.05. The summed E-state index contributed by atoms with van der Waals surface area (Å²) < 4.78 is 216. The molecule has 0 aliphatic carbocycles. The number of hydrogen-bond acceptors (Lipinski definition) is 3. The van der Waals surface area contributed by atoms with Crippen molar-refractivity contribution in [2.45, 2.75) is 39.3 Å². The van der Waals surface area contributed by atoms with E-state index in [0.717, 1.165) is 0 Å². The van der Waals surface area contributed by atoms with E-state index in [0.29, 0.717) is 0 Å². The minimum Gasteiger partial charge on any atom is -0.768 e. The molecule has 0 aliphatic rings. The van der Waals surface area contributed by atoms with Gasteiger partial charge in [-0.05, 0) is 23.9 Å². The minimum atomic E-state index is -7.45. The second kappa shape index (κ2) is 9.11. The van der Waals surface area contributed by atoms with Gasteiger partial charge in [0.25, 0.3) is 0 Å². The largest absolute Gasteiger partial charge is 1.00 e. The van der Waals surface area contributed by atoms with E-state index in [4.69, 9.17) is 0 Å². The molecule has 0 saturated heterocycles. The molecule has 2 nitrogen and oxygen atoms in total. The monoisotopic (exact) mass is 534 g/mol. The SMILES string of the molecule is O=S([O-])C(F)(F)C(F)(F)Sc1c(F)cc(C(F)(F)C(F)(F)C(F)(F)C(F)(F)F)cc1F.[Li+]. The fourth-order valence-corrected chi connectivity index (χ4v) is 2.89. The Labute approximate surface area is 185 Å². The summed E-state index contributed by atoms with van der Waals surface area (Å²) in [5.41, 5.74) is -2.90. The molecule has 1 rings (SSSR count). The van der Waals surface area contributed by atoms with Crippen LogP contribution in [-0.4, -0.2) is 37.3 Å². The van der Waals surface area contributed by atoms with Crippen LogP contribution in [0.25, 0.3) is 0 Å². The second-order valence-corrected chi connectivity index (χ2v) is 7.47. The topological polar surface area (TPSA) is 40.1 Å². The number of hydrogen-bond donors (Lipinski definition) is 0. The van der Waals surface area contributed by atoms with Crippen LogP contribution in [0, 0.1) is 11.6 Å². The van der Waals surface area contributed by atoms with Crippen LogP contribution in [0.5, 0.6) is 0 Å². The van der Waals surface area contributed by atoms with Crippen LogP contribution in [-0.2, 0) is 17.0 Å². The number of alkyl halides is 13. The van der Waals surface area contributed by atoms with Crippen molar-refractivity contribution in [3.05, 3.63) is 29.3 Å². The summed E-state index contributed by atoms with van der Waals surface area (Å²) in [5.74, 6) is -27.1. The van der Waals surface area contributed by atoms with Gasteiger partial charge in [0, 0.05) is 16.6 Å². The summed E-state index contributed by atoms with van der Waals surface area (Å²) in [5, 5.41) is -11.9. The molecule has 32 heavy (non-hydrogen) atoms. The molecule has 0 amide bonds.